The third kappa shape index (κ3) is 4.98. The van der Waals surface area contributed by atoms with E-state index < -0.39 is 12.0 Å². The molecular formula is C10H15NO2. The molecule has 0 rings (SSSR count). The molecule has 0 fully saturated rings. The van der Waals surface area contributed by atoms with Gasteiger partial charge in [0.1, 0.15) is 6.04 Å². The standard InChI is InChI=1S/C10H15NO2/c1-4-8(5-7(2)3)6-9(11)10(12)13/h4-5,9H,1-2,6,11H2,3H3,(H,12,13). The van der Waals surface area contributed by atoms with Crippen molar-refractivity contribution in [1.29, 1.82) is 0 Å². The van der Waals surface area contributed by atoms with Crippen LogP contribution in [0.5, 0.6) is 0 Å². The van der Waals surface area contributed by atoms with Gasteiger partial charge in [0.15, 0.2) is 0 Å². The Morgan fingerprint density at radius 1 is 1.69 bits per heavy atom. The zero-order valence-electron chi connectivity index (χ0n) is 7.79. The molecule has 0 saturated carbocycles. The van der Waals surface area contributed by atoms with Gasteiger partial charge in [-0.3, -0.25) is 4.79 Å². The summed E-state index contributed by atoms with van der Waals surface area (Å²) in [5, 5.41) is 8.55. The summed E-state index contributed by atoms with van der Waals surface area (Å²) in [6, 6.07) is -0.872. The first-order valence-electron chi connectivity index (χ1n) is 3.94. The summed E-state index contributed by atoms with van der Waals surface area (Å²) < 4.78 is 0. The van der Waals surface area contributed by atoms with Crippen LogP contribution in [0.4, 0.5) is 0 Å². The molecular weight excluding hydrogens is 166 g/mol. The van der Waals surface area contributed by atoms with E-state index in [1.165, 1.54) is 0 Å². The molecule has 0 aromatic rings. The van der Waals surface area contributed by atoms with Crippen LogP contribution < -0.4 is 5.73 Å². The van der Waals surface area contributed by atoms with Crippen LogP contribution in [-0.2, 0) is 4.79 Å². The molecule has 3 N–H and O–H groups in total. The lowest BCUT2D eigenvalue weighted by molar-refractivity contribution is -0.138. The minimum absolute atomic E-state index is 0.283. The number of nitrogens with two attached hydrogens (primary N) is 1. The molecule has 0 bridgehead atoms. The molecule has 1 atom stereocenters. The molecule has 0 aromatic carbocycles. The van der Waals surface area contributed by atoms with Gasteiger partial charge in [-0.2, -0.15) is 0 Å². The van der Waals surface area contributed by atoms with E-state index in [0.29, 0.717) is 0 Å². The second kappa shape index (κ2) is 5.32. The van der Waals surface area contributed by atoms with E-state index in [0.717, 1.165) is 11.1 Å². The van der Waals surface area contributed by atoms with Crippen LogP contribution in [0.25, 0.3) is 0 Å². The van der Waals surface area contributed by atoms with Crippen molar-refractivity contribution in [2.45, 2.75) is 19.4 Å². The Labute approximate surface area is 78.3 Å². The highest BCUT2D eigenvalue weighted by Gasteiger charge is 2.11. The van der Waals surface area contributed by atoms with Crippen LogP contribution in [0.2, 0.25) is 0 Å². The Morgan fingerprint density at radius 2 is 2.23 bits per heavy atom. The van der Waals surface area contributed by atoms with Crippen LogP contribution >= 0.6 is 0 Å². The number of hydrogen-bond donors (Lipinski definition) is 2. The maximum absolute atomic E-state index is 10.4. The lowest BCUT2D eigenvalue weighted by atomic mass is 10.1. The normalized spacial score (nSPS) is 13.5. The third-order valence-corrected chi connectivity index (χ3v) is 1.47. The Bertz CT molecular complexity index is 254. The van der Waals surface area contributed by atoms with Crippen molar-refractivity contribution >= 4 is 5.97 Å². The predicted molar refractivity (Wildman–Crippen MR) is 53.3 cm³/mol. The quantitative estimate of drug-likeness (QED) is 0.631. The second-order valence-corrected chi connectivity index (χ2v) is 2.92. The molecule has 0 radical (unpaired) electrons. The molecule has 3 heteroatoms. The highest BCUT2D eigenvalue weighted by molar-refractivity contribution is 5.73. The Balaban J connectivity index is 4.38. The van der Waals surface area contributed by atoms with Crippen molar-refractivity contribution < 1.29 is 9.90 Å². The van der Waals surface area contributed by atoms with Crippen molar-refractivity contribution in [2.24, 2.45) is 5.73 Å². The molecule has 0 heterocycles. The summed E-state index contributed by atoms with van der Waals surface area (Å²) in [4.78, 5) is 10.4. The van der Waals surface area contributed by atoms with Gasteiger partial charge in [-0.25, -0.2) is 0 Å². The topological polar surface area (TPSA) is 63.3 Å². The van der Waals surface area contributed by atoms with Gasteiger partial charge in [-0.05, 0) is 18.9 Å². The van der Waals surface area contributed by atoms with Crippen molar-refractivity contribution in [2.75, 3.05) is 0 Å². The number of hydrogen-bond acceptors (Lipinski definition) is 2. The van der Waals surface area contributed by atoms with Crippen LogP contribution in [0, 0.1) is 0 Å². The Morgan fingerprint density at radius 3 is 2.54 bits per heavy atom. The van der Waals surface area contributed by atoms with Gasteiger partial charge in [-0.15, -0.1) is 0 Å². The van der Waals surface area contributed by atoms with Crippen molar-refractivity contribution in [1.82, 2.24) is 0 Å². The van der Waals surface area contributed by atoms with E-state index in [2.05, 4.69) is 13.2 Å². The van der Waals surface area contributed by atoms with Crippen molar-refractivity contribution in [3.63, 3.8) is 0 Å². The van der Waals surface area contributed by atoms with Crippen molar-refractivity contribution in [3.8, 4) is 0 Å². The van der Waals surface area contributed by atoms with E-state index >= 15 is 0 Å². The fourth-order valence-corrected chi connectivity index (χ4v) is 0.859. The molecule has 0 aliphatic rings. The number of carboxylic acid groups (broad SMARTS) is 1. The average molecular weight is 181 g/mol. The Hall–Kier alpha value is -1.35. The summed E-state index contributed by atoms with van der Waals surface area (Å²) in [7, 11) is 0. The molecule has 0 aliphatic carbocycles. The minimum Gasteiger partial charge on any atom is -0.480 e. The Kier molecular flexibility index (Phi) is 4.77. The molecule has 0 amide bonds. The van der Waals surface area contributed by atoms with Gasteiger partial charge in [0, 0.05) is 0 Å². The first-order valence-corrected chi connectivity index (χ1v) is 3.94. The monoisotopic (exact) mass is 181 g/mol. The zero-order valence-corrected chi connectivity index (χ0v) is 7.79. The molecule has 0 aliphatic heterocycles. The molecule has 0 saturated heterocycles. The van der Waals surface area contributed by atoms with Gasteiger partial charge < -0.3 is 10.8 Å². The average Bonchev–Trinajstić information content (AvgIpc) is 2.02. The first-order chi connectivity index (χ1) is 5.97. The number of carbonyl (C=O) groups is 1. The summed E-state index contributed by atoms with van der Waals surface area (Å²) in [5.41, 5.74) is 7.00. The van der Waals surface area contributed by atoms with E-state index in [4.69, 9.17) is 10.8 Å². The maximum Gasteiger partial charge on any atom is 0.320 e. The summed E-state index contributed by atoms with van der Waals surface area (Å²) in [6.07, 6.45) is 3.65. The number of carboxylic acids is 1. The van der Waals surface area contributed by atoms with E-state index in [1.54, 1.807) is 12.2 Å². The van der Waals surface area contributed by atoms with Gasteiger partial charge in [0.2, 0.25) is 0 Å². The predicted octanol–water partition coefficient (Wildman–Crippen LogP) is 1.48. The fraction of sp³-hybridized carbons (Fsp3) is 0.300. The molecule has 1 unspecified atom stereocenters. The molecule has 0 aromatic heterocycles. The summed E-state index contributed by atoms with van der Waals surface area (Å²) in [6.45, 7) is 9.08. The third-order valence-electron chi connectivity index (χ3n) is 1.47. The summed E-state index contributed by atoms with van der Waals surface area (Å²) in [5.74, 6) is -1.01. The largest absolute Gasteiger partial charge is 0.480 e. The van der Waals surface area contributed by atoms with Crippen LogP contribution in [0.3, 0.4) is 0 Å². The van der Waals surface area contributed by atoms with Gasteiger partial charge in [0.25, 0.3) is 0 Å². The SMILES string of the molecule is C=CC(=CC(=C)C)CC(N)C(=O)O. The number of aliphatic carboxylic acids is 1. The number of allylic oxidation sites excluding steroid dienone is 3. The minimum atomic E-state index is -1.01. The van der Waals surface area contributed by atoms with E-state index in [1.807, 2.05) is 6.92 Å². The molecule has 13 heavy (non-hydrogen) atoms. The molecule has 72 valence electrons. The number of rotatable bonds is 5. The maximum atomic E-state index is 10.4. The van der Waals surface area contributed by atoms with Gasteiger partial charge in [0.05, 0.1) is 0 Å². The summed E-state index contributed by atoms with van der Waals surface area (Å²) >= 11 is 0. The van der Waals surface area contributed by atoms with E-state index in [-0.39, 0.29) is 6.42 Å². The van der Waals surface area contributed by atoms with Crippen LogP contribution in [-0.4, -0.2) is 17.1 Å². The highest BCUT2D eigenvalue weighted by atomic mass is 16.4. The smallest absolute Gasteiger partial charge is 0.320 e. The van der Waals surface area contributed by atoms with Gasteiger partial charge >= 0.3 is 5.97 Å². The highest BCUT2D eigenvalue weighted by Crippen LogP contribution is 2.08. The second-order valence-electron chi connectivity index (χ2n) is 2.92. The lowest BCUT2D eigenvalue weighted by Gasteiger charge is -2.06. The fourth-order valence-electron chi connectivity index (χ4n) is 0.859. The van der Waals surface area contributed by atoms with E-state index in [9.17, 15) is 4.79 Å². The first kappa shape index (κ1) is 11.6. The molecule has 0 spiro atoms. The molecule has 3 nitrogen and oxygen atoms in total. The van der Waals surface area contributed by atoms with Gasteiger partial charge in [-0.1, -0.05) is 30.9 Å². The van der Waals surface area contributed by atoms with Crippen LogP contribution in [0.15, 0.2) is 36.5 Å². The zero-order chi connectivity index (χ0) is 10.4. The van der Waals surface area contributed by atoms with Crippen molar-refractivity contribution in [3.05, 3.63) is 36.5 Å². The van der Waals surface area contributed by atoms with Crippen LogP contribution in [0.1, 0.15) is 13.3 Å². The lowest BCUT2D eigenvalue weighted by Crippen LogP contribution is -2.30.